The van der Waals surface area contributed by atoms with Gasteiger partial charge in [0.2, 0.25) is 0 Å². The first kappa shape index (κ1) is 10.9. The fourth-order valence-electron chi connectivity index (χ4n) is 1.67. The number of amides is 1. The van der Waals surface area contributed by atoms with E-state index in [2.05, 4.69) is 14.7 Å². The van der Waals surface area contributed by atoms with Gasteiger partial charge in [0.15, 0.2) is 0 Å². The van der Waals surface area contributed by atoms with E-state index in [1.54, 1.807) is 24.7 Å². The fraction of sp³-hybridized carbons (Fsp3) is 0.0833. The van der Waals surface area contributed by atoms with Crippen LogP contribution in [0.3, 0.4) is 0 Å². The monoisotopic (exact) mass is 258 g/mol. The van der Waals surface area contributed by atoms with Gasteiger partial charge in [-0.2, -0.15) is 4.37 Å². The number of aromatic nitrogens is 3. The molecular formula is C12H10N4OS. The Hall–Kier alpha value is -2.21. The Morgan fingerprint density at radius 1 is 1.44 bits per heavy atom. The van der Waals surface area contributed by atoms with Crippen molar-refractivity contribution in [2.24, 2.45) is 0 Å². The molecular weight excluding hydrogens is 248 g/mol. The molecule has 6 heteroatoms. The maximum absolute atomic E-state index is 12.0. The van der Waals surface area contributed by atoms with Gasteiger partial charge >= 0.3 is 0 Å². The molecule has 0 aliphatic rings. The lowest BCUT2D eigenvalue weighted by Gasteiger charge is -2.02. The number of pyridine rings is 1. The lowest BCUT2D eigenvalue weighted by Crippen LogP contribution is -2.11. The van der Waals surface area contributed by atoms with Crippen LogP contribution in [0.15, 0.2) is 36.9 Å². The van der Waals surface area contributed by atoms with Crippen molar-refractivity contribution in [1.82, 2.24) is 13.8 Å². The number of aryl methyl sites for hydroxylation is 1. The highest BCUT2D eigenvalue weighted by Crippen LogP contribution is 2.17. The van der Waals surface area contributed by atoms with Crippen LogP contribution < -0.4 is 5.32 Å². The zero-order valence-corrected chi connectivity index (χ0v) is 10.4. The maximum atomic E-state index is 12.0. The first-order valence-corrected chi connectivity index (χ1v) is 6.16. The van der Waals surface area contributed by atoms with Crippen molar-refractivity contribution in [3.8, 4) is 0 Å². The van der Waals surface area contributed by atoms with Crippen LogP contribution >= 0.6 is 11.5 Å². The standard InChI is InChI=1S/C12H10N4OS/c1-8-4-11(18-15-8)14-12(17)9-2-3-16-7-13-6-10(16)5-9/h2-7H,1H3,(H,14,17). The lowest BCUT2D eigenvalue weighted by molar-refractivity contribution is 0.102. The summed E-state index contributed by atoms with van der Waals surface area (Å²) in [6.07, 6.45) is 5.23. The second-order valence-electron chi connectivity index (χ2n) is 3.93. The Labute approximate surface area is 107 Å². The average Bonchev–Trinajstić information content (AvgIpc) is 2.96. The minimum Gasteiger partial charge on any atom is -0.312 e. The number of nitrogens with zero attached hydrogens (tertiary/aromatic N) is 3. The molecule has 3 rings (SSSR count). The molecule has 0 bridgehead atoms. The molecule has 1 amide bonds. The van der Waals surface area contributed by atoms with E-state index in [1.165, 1.54) is 11.5 Å². The van der Waals surface area contributed by atoms with E-state index in [9.17, 15) is 4.79 Å². The number of carbonyl (C=O) groups is 1. The van der Waals surface area contributed by atoms with Gasteiger partial charge in [0.05, 0.1) is 23.7 Å². The summed E-state index contributed by atoms with van der Waals surface area (Å²) in [7, 11) is 0. The number of rotatable bonds is 2. The quantitative estimate of drug-likeness (QED) is 0.767. The molecule has 0 atom stereocenters. The summed E-state index contributed by atoms with van der Waals surface area (Å²) in [6, 6.07) is 5.41. The van der Waals surface area contributed by atoms with E-state index >= 15 is 0 Å². The highest BCUT2D eigenvalue weighted by molar-refractivity contribution is 7.10. The van der Waals surface area contributed by atoms with Crippen LogP contribution in [0.25, 0.3) is 5.52 Å². The maximum Gasteiger partial charge on any atom is 0.256 e. The SMILES string of the molecule is Cc1cc(NC(=O)c2ccn3cncc3c2)sn1. The van der Waals surface area contributed by atoms with Crippen molar-refractivity contribution in [3.05, 3.63) is 48.2 Å². The van der Waals surface area contributed by atoms with Gasteiger partial charge in [-0.25, -0.2) is 4.98 Å². The van der Waals surface area contributed by atoms with Crippen LogP contribution in [0.5, 0.6) is 0 Å². The Morgan fingerprint density at radius 3 is 3.11 bits per heavy atom. The topological polar surface area (TPSA) is 59.3 Å². The minimum absolute atomic E-state index is 0.137. The average molecular weight is 258 g/mol. The van der Waals surface area contributed by atoms with E-state index in [1.807, 2.05) is 23.6 Å². The number of anilines is 1. The van der Waals surface area contributed by atoms with Gasteiger partial charge in [0, 0.05) is 11.8 Å². The molecule has 0 radical (unpaired) electrons. The second kappa shape index (κ2) is 4.23. The van der Waals surface area contributed by atoms with Crippen LogP contribution in [-0.2, 0) is 0 Å². The van der Waals surface area contributed by atoms with Gasteiger partial charge in [-0.3, -0.25) is 4.79 Å². The number of fused-ring (bicyclic) bond motifs is 1. The molecule has 0 saturated carbocycles. The molecule has 3 heterocycles. The normalized spacial score (nSPS) is 10.7. The predicted octanol–water partition coefficient (Wildman–Crippen LogP) is 2.35. The molecule has 0 saturated heterocycles. The molecule has 0 aliphatic carbocycles. The molecule has 0 unspecified atom stereocenters. The van der Waals surface area contributed by atoms with Crippen molar-refractivity contribution in [2.45, 2.75) is 6.92 Å². The summed E-state index contributed by atoms with van der Waals surface area (Å²) in [5.74, 6) is -0.137. The van der Waals surface area contributed by atoms with Crippen LogP contribution in [0.1, 0.15) is 16.1 Å². The first-order valence-electron chi connectivity index (χ1n) is 5.39. The van der Waals surface area contributed by atoms with Crippen LogP contribution in [0.2, 0.25) is 0 Å². The summed E-state index contributed by atoms with van der Waals surface area (Å²) < 4.78 is 5.97. The van der Waals surface area contributed by atoms with Gasteiger partial charge in [-0.05, 0) is 36.7 Å². The van der Waals surface area contributed by atoms with Gasteiger partial charge in [-0.15, -0.1) is 0 Å². The van der Waals surface area contributed by atoms with Crippen LogP contribution in [-0.4, -0.2) is 19.7 Å². The van der Waals surface area contributed by atoms with E-state index in [-0.39, 0.29) is 5.91 Å². The van der Waals surface area contributed by atoms with Crippen molar-refractivity contribution in [3.63, 3.8) is 0 Å². The molecule has 5 nitrogen and oxygen atoms in total. The van der Waals surface area contributed by atoms with Gasteiger partial charge < -0.3 is 9.72 Å². The molecule has 0 spiro atoms. The Morgan fingerprint density at radius 2 is 2.33 bits per heavy atom. The molecule has 0 fully saturated rings. The third-order valence-corrected chi connectivity index (χ3v) is 3.34. The van der Waals surface area contributed by atoms with Crippen molar-refractivity contribution >= 4 is 28.0 Å². The molecule has 0 aliphatic heterocycles. The van der Waals surface area contributed by atoms with E-state index < -0.39 is 0 Å². The third-order valence-electron chi connectivity index (χ3n) is 2.54. The summed E-state index contributed by atoms with van der Waals surface area (Å²) in [5.41, 5.74) is 2.40. The van der Waals surface area contributed by atoms with E-state index in [0.717, 1.165) is 16.2 Å². The van der Waals surface area contributed by atoms with Gasteiger partial charge in [0.25, 0.3) is 5.91 Å². The third kappa shape index (κ3) is 1.98. The number of carbonyl (C=O) groups excluding carboxylic acids is 1. The van der Waals surface area contributed by atoms with E-state index in [0.29, 0.717) is 5.56 Å². The molecule has 3 aromatic heterocycles. The summed E-state index contributed by atoms with van der Waals surface area (Å²) in [6.45, 7) is 1.89. The number of nitrogens with one attached hydrogen (secondary N) is 1. The van der Waals surface area contributed by atoms with Crippen molar-refractivity contribution in [2.75, 3.05) is 5.32 Å². The highest BCUT2D eigenvalue weighted by Gasteiger charge is 2.08. The van der Waals surface area contributed by atoms with E-state index in [4.69, 9.17) is 0 Å². The second-order valence-corrected chi connectivity index (χ2v) is 4.73. The molecule has 18 heavy (non-hydrogen) atoms. The minimum atomic E-state index is -0.137. The number of hydrogen-bond donors (Lipinski definition) is 1. The number of hydrogen-bond acceptors (Lipinski definition) is 4. The van der Waals surface area contributed by atoms with Gasteiger partial charge in [0.1, 0.15) is 5.00 Å². The molecule has 3 aromatic rings. The van der Waals surface area contributed by atoms with Gasteiger partial charge in [-0.1, -0.05) is 0 Å². The predicted molar refractivity (Wildman–Crippen MR) is 70.0 cm³/mol. The Kier molecular flexibility index (Phi) is 2.56. The molecule has 90 valence electrons. The fourth-order valence-corrected chi connectivity index (χ4v) is 2.32. The Balaban J connectivity index is 1.87. The molecule has 0 aromatic carbocycles. The zero-order chi connectivity index (χ0) is 12.5. The van der Waals surface area contributed by atoms with Crippen LogP contribution in [0, 0.1) is 6.92 Å². The van der Waals surface area contributed by atoms with Crippen molar-refractivity contribution in [1.29, 1.82) is 0 Å². The summed E-state index contributed by atoms with van der Waals surface area (Å²) in [4.78, 5) is 16.0. The van der Waals surface area contributed by atoms with Crippen LogP contribution in [0.4, 0.5) is 5.00 Å². The highest BCUT2D eigenvalue weighted by atomic mass is 32.1. The summed E-state index contributed by atoms with van der Waals surface area (Å²) in [5, 5.41) is 3.58. The smallest absolute Gasteiger partial charge is 0.256 e. The summed E-state index contributed by atoms with van der Waals surface area (Å²) >= 11 is 1.28. The van der Waals surface area contributed by atoms with Crippen molar-refractivity contribution < 1.29 is 4.79 Å². The first-order chi connectivity index (χ1) is 8.72. The number of imidazole rings is 1. The zero-order valence-electron chi connectivity index (χ0n) is 9.62. The molecule has 1 N–H and O–H groups in total. The Bertz CT molecular complexity index is 716. The largest absolute Gasteiger partial charge is 0.312 e. The lowest BCUT2D eigenvalue weighted by atomic mass is 10.2.